The molecule has 0 radical (unpaired) electrons. The molecule has 1 N–H and O–H groups in total. The van der Waals surface area contributed by atoms with Crippen LogP contribution in [-0.2, 0) is 23.9 Å². The molecule has 4 heterocycles. The number of likely N-dealkylation sites (tertiary alicyclic amines) is 2. The highest BCUT2D eigenvalue weighted by Crippen LogP contribution is 2.47. The topological polar surface area (TPSA) is 141 Å². The lowest BCUT2D eigenvalue weighted by Crippen LogP contribution is -2.75. The summed E-state index contributed by atoms with van der Waals surface area (Å²) >= 11 is 0. The average Bonchev–Trinajstić information content (AvgIpc) is 3.59. The third kappa shape index (κ3) is 5.33. The molecule has 0 aromatic heterocycles. The van der Waals surface area contributed by atoms with Crippen LogP contribution in [0.1, 0.15) is 56.3 Å². The van der Waals surface area contributed by atoms with Crippen LogP contribution in [0.2, 0.25) is 0 Å². The van der Waals surface area contributed by atoms with E-state index in [-0.39, 0.29) is 41.1 Å². The first-order valence-electron chi connectivity index (χ1n) is 13.8. The molecule has 12 heteroatoms. The Labute approximate surface area is 244 Å². The molecule has 0 unspecified atom stereocenters. The second kappa shape index (κ2) is 11.9. The third-order valence-electron chi connectivity index (χ3n) is 8.15. The van der Waals surface area contributed by atoms with Crippen molar-refractivity contribution in [3.05, 3.63) is 42.1 Å². The van der Waals surface area contributed by atoms with Crippen molar-refractivity contribution >= 4 is 29.5 Å². The van der Waals surface area contributed by atoms with Crippen molar-refractivity contribution < 1.29 is 42.9 Å². The molecule has 226 valence electrons. The Hall–Kier alpha value is -4.35. The fourth-order valence-electron chi connectivity index (χ4n) is 6.03. The maximum atomic E-state index is 13.5. The molecule has 3 fully saturated rings. The zero-order valence-electron chi connectivity index (χ0n) is 24.6. The van der Waals surface area contributed by atoms with Crippen LogP contribution >= 0.6 is 0 Å². The highest BCUT2D eigenvalue weighted by molar-refractivity contribution is 6.05. The second-order valence-corrected chi connectivity index (χ2v) is 10.8. The van der Waals surface area contributed by atoms with E-state index in [0.29, 0.717) is 37.1 Å². The zero-order valence-corrected chi connectivity index (χ0v) is 24.6. The number of hydrogen-bond acceptors (Lipinski definition) is 9. The SMILES string of the molecule is C=CN1CCCC1=O.COc1cc(C(=O)N[C@]23C=C(C(C)=O)[C@](C)(C[C@@H]2N2CCCC2=O)OC3=O)cc(OC)c1OC. The average molecular weight is 584 g/mol. The number of amides is 3. The molecule has 3 atom stereocenters. The van der Waals surface area contributed by atoms with Gasteiger partial charge in [0.2, 0.25) is 17.6 Å². The van der Waals surface area contributed by atoms with E-state index < -0.39 is 29.1 Å². The Morgan fingerprint density at radius 2 is 1.64 bits per heavy atom. The largest absolute Gasteiger partial charge is 0.493 e. The Morgan fingerprint density at radius 1 is 1.02 bits per heavy atom. The fourth-order valence-corrected chi connectivity index (χ4v) is 6.03. The number of ether oxygens (including phenoxy) is 4. The van der Waals surface area contributed by atoms with Gasteiger partial charge in [-0.25, -0.2) is 4.79 Å². The standard InChI is InChI=1S/C24H28N2O8.C6H9NO/c1-13(27)15-11-24(18(26-8-6-7-19(26)28)12-23(15,2)34-22(24)30)25-21(29)14-9-16(31-3)20(33-5)17(10-14)32-4;1-2-7-5-3-4-6(7)8/h9-11,18H,6-8,12H2,1-5H3,(H,25,29);2H,1,3-5H2/t18-,23-,24+;/m0./s1. The third-order valence-corrected chi connectivity index (χ3v) is 8.15. The predicted molar refractivity (Wildman–Crippen MR) is 150 cm³/mol. The highest BCUT2D eigenvalue weighted by atomic mass is 16.6. The summed E-state index contributed by atoms with van der Waals surface area (Å²) in [7, 11) is 4.30. The van der Waals surface area contributed by atoms with E-state index in [1.807, 2.05) is 0 Å². The number of fused-ring (bicyclic) bond motifs is 2. The van der Waals surface area contributed by atoms with Crippen LogP contribution in [0.3, 0.4) is 0 Å². The molecule has 3 amide bonds. The van der Waals surface area contributed by atoms with Crippen LogP contribution in [-0.4, -0.2) is 90.9 Å². The molecule has 0 spiro atoms. The van der Waals surface area contributed by atoms with Crippen LogP contribution in [0.15, 0.2) is 36.6 Å². The minimum atomic E-state index is -1.71. The summed E-state index contributed by atoms with van der Waals surface area (Å²) < 4.78 is 21.7. The summed E-state index contributed by atoms with van der Waals surface area (Å²) in [4.78, 5) is 65.8. The van der Waals surface area contributed by atoms with Crippen molar-refractivity contribution in [3.8, 4) is 17.2 Å². The first-order chi connectivity index (χ1) is 19.9. The molecule has 1 aliphatic carbocycles. The number of benzene rings is 1. The van der Waals surface area contributed by atoms with Crippen LogP contribution in [0.25, 0.3) is 0 Å². The number of methoxy groups -OCH3 is 3. The number of esters is 1. The maximum Gasteiger partial charge on any atom is 0.339 e. The van der Waals surface area contributed by atoms with Crippen molar-refractivity contribution in [1.29, 1.82) is 0 Å². The van der Waals surface area contributed by atoms with Crippen molar-refractivity contribution in [2.45, 2.75) is 63.1 Å². The first kappa shape index (κ1) is 30.6. The monoisotopic (exact) mass is 583 g/mol. The normalized spacial score (nSPS) is 26.2. The van der Waals surface area contributed by atoms with Gasteiger partial charge in [-0.2, -0.15) is 0 Å². The highest BCUT2D eigenvalue weighted by Gasteiger charge is 2.64. The molecular formula is C30H37N3O9. The zero-order chi connectivity index (χ0) is 30.8. The van der Waals surface area contributed by atoms with E-state index in [0.717, 1.165) is 13.0 Å². The van der Waals surface area contributed by atoms with Gasteiger partial charge in [-0.1, -0.05) is 6.58 Å². The molecule has 1 aromatic rings. The lowest BCUT2D eigenvalue weighted by Gasteiger charge is -2.54. The summed E-state index contributed by atoms with van der Waals surface area (Å²) in [6.07, 6.45) is 5.97. The molecule has 42 heavy (non-hydrogen) atoms. The number of carbonyl (C=O) groups excluding carboxylic acids is 5. The van der Waals surface area contributed by atoms with Gasteiger partial charge in [0.1, 0.15) is 5.60 Å². The summed E-state index contributed by atoms with van der Waals surface area (Å²) in [5.74, 6) is -0.670. The lowest BCUT2D eigenvalue weighted by molar-refractivity contribution is -0.181. The predicted octanol–water partition coefficient (Wildman–Crippen LogP) is 2.16. The first-order valence-corrected chi connectivity index (χ1v) is 13.8. The molecule has 0 saturated carbocycles. The second-order valence-electron chi connectivity index (χ2n) is 10.8. The molecule has 12 nitrogen and oxygen atoms in total. The Morgan fingerprint density at radius 3 is 2.10 bits per heavy atom. The number of Topliss-reactive ketones (excluding diaryl/α,β-unsaturated/α-hetero) is 1. The Balaban J connectivity index is 0.000000437. The number of rotatable bonds is 8. The summed E-state index contributed by atoms with van der Waals surface area (Å²) in [6.45, 7) is 7.87. The summed E-state index contributed by atoms with van der Waals surface area (Å²) in [5.41, 5.74) is -2.45. The Kier molecular flexibility index (Phi) is 8.65. The van der Waals surface area contributed by atoms with Gasteiger partial charge < -0.3 is 34.1 Å². The molecule has 6 rings (SSSR count). The van der Waals surface area contributed by atoms with E-state index in [2.05, 4.69) is 11.9 Å². The maximum absolute atomic E-state index is 13.5. The summed E-state index contributed by atoms with van der Waals surface area (Å²) in [6, 6.07) is 2.22. The van der Waals surface area contributed by atoms with E-state index in [4.69, 9.17) is 18.9 Å². The van der Waals surface area contributed by atoms with Crippen molar-refractivity contribution in [2.75, 3.05) is 34.4 Å². The number of hydrogen-bond donors (Lipinski definition) is 1. The molecule has 2 bridgehead atoms. The summed E-state index contributed by atoms with van der Waals surface area (Å²) in [5, 5.41) is 2.79. The number of nitrogens with zero attached hydrogens (tertiary/aromatic N) is 2. The van der Waals surface area contributed by atoms with E-state index >= 15 is 0 Å². The number of ketones is 1. The van der Waals surface area contributed by atoms with Gasteiger partial charge in [0.25, 0.3) is 5.91 Å². The smallest absolute Gasteiger partial charge is 0.339 e. The van der Waals surface area contributed by atoms with Gasteiger partial charge >= 0.3 is 5.97 Å². The van der Waals surface area contributed by atoms with Gasteiger partial charge in [0.15, 0.2) is 22.8 Å². The quantitative estimate of drug-likeness (QED) is 0.456. The molecule has 3 saturated heterocycles. The van der Waals surface area contributed by atoms with Crippen LogP contribution in [0.4, 0.5) is 0 Å². The van der Waals surface area contributed by atoms with Crippen LogP contribution in [0.5, 0.6) is 17.2 Å². The molecule has 4 aliphatic heterocycles. The molecular weight excluding hydrogens is 546 g/mol. The van der Waals surface area contributed by atoms with E-state index in [9.17, 15) is 24.0 Å². The van der Waals surface area contributed by atoms with Gasteiger partial charge in [-0.05, 0) is 51.1 Å². The van der Waals surface area contributed by atoms with Crippen molar-refractivity contribution in [1.82, 2.24) is 15.1 Å². The van der Waals surface area contributed by atoms with Crippen molar-refractivity contribution in [3.63, 3.8) is 0 Å². The number of carbonyl (C=O) groups is 5. The number of nitrogens with one attached hydrogen (secondary N) is 1. The molecule has 1 aromatic carbocycles. The van der Waals surface area contributed by atoms with Gasteiger partial charge in [-0.3, -0.25) is 19.2 Å². The van der Waals surface area contributed by atoms with Crippen LogP contribution in [0, 0.1) is 0 Å². The van der Waals surface area contributed by atoms with Gasteiger partial charge in [-0.15, -0.1) is 0 Å². The fraction of sp³-hybridized carbons (Fsp3) is 0.500. The van der Waals surface area contributed by atoms with Crippen molar-refractivity contribution in [2.24, 2.45) is 0 Å². The minimum Gasteiger partial charge on any atom is -0.493 e. The van der Waals surface area contributed by atoms with Gasteiger partial charge in [0, 0.05) is 43.5 Å². The minimum absolute atomic E-state index is 0.104. The van der Waals surface area contributed by atoms with Gasteiger partial charge in [0.05, 0.1) is 27.4 Å². The molecule has 5 aliphatic rings. The van der Waals surface area contributed by atoms with E-state index in [1.165, 1.54) is 46.5 Å². The lowest BCUT2D eigenvalue weighted by atomic mass is 9.67. The Bertz CT molecular complexity index is 1330. The van der Waals surface area contributed by atoms with Crippen LogP contribution < -0.4 is 19.5 Å². The van der Waals surface area contributed by atoms with E-state index in [1.54, 1.807) is 22.9 Å².